The summed E-state index contributed by atoms with van der Waals surface area (Å²) in [6.45, 7) is 6.92. The first-order valence-electron chi connectivity index (χ1n) is 6.84. The molecule has 0 bridgehead atoms. The molecule has 1 aromatic rings. The smallest absolute Gasteiger partial charge is 0.0400 e. The van der Waals surface area contributed by atoms with Crippen LogP contribution in [-0.4, -0.2) is 44.2 Å². The molecule has 1 unspecified atom stereocenters. The molecular weight excluding hydrogens is 222 g/mol. The Kier molecular flexibility index (Phi) is 4.12. The van der Waals surface area contributed by atoms with Crippen LogP contribution < -0.4 is 10.2 Å². The van der Waals surface area contributed by atoms with Crippen molar-refractivity contribution in [3.63, 3.8) is 0 Å². The number of anilines is 2. The summed E-state index contributed by atoms with van der Waals surface area (Å²) in [6.07, 6.45) is 1.24. The highest BCUT2D eigenvalue weighted by Gasteiger charge is 2.23. The summed E-state index contributed by atoms with van der Waals surface area (Å²) in [5.41, 5.74) is 2.48. The summed E-state index contributed by atoms with van der Waals surface area (Å²) >= 11 is 0. The number of nitrogens with zero attached hydrogens (tertiary/aromatic N) is 2. The lowest BCUT2D eigenvalue weighted by molar-refractivity contribution is 0.274. The van der Waals surface area contributed by atoms with E-state index in [1.807, 2.05) is 0 Å². The minimum absolute atomic E-state index is 0.595. The SMILES string of the molecule is CC(C)N1CCC(Nc2ccc(N(C)C)cc2)C1. The molecule has 1 aliphatic rings. The van der Waals surface area contributed by atoms with Gasteiger partial charge in [-0.05, 0) is 44.5 Å². The van der Waals surface area contributed by atoms with Crippen molar-refractivity contribution in [1.82, 2.24) is 4.90 Å². The van der Waals surface area contributed by atoms with Crippen LogP contribution in [0.2, 0.25) is 0 Å². The van der Waals surface area contributed by atoms with Gasteiger partial charge in [0, 0.05) is 50.6 Å². The zero-order valence-corrected chi connectivity index (χ0v) is 12.0. The monoisotopic (exact) mass is 247 g/mol. The van der Waals surface area contributed by atoms with E-state index in [0.29, 0.717) is 12.1 Å². The highest BCUT2D eigenvalue weighted by molar-refractivity contribution is 5.54. The van der Waals surface area contributed by atoms with Gasteiger partial charge < -0.3 is 10.2 Å². The Balaban J connectivity index is 1.90. The van der Waals surface area contributed by atoms with Crippen molar-refractivity contribution < 1.29 is 0 Å². The topological polar surface area (TPSA) is 18.5 Å². The van der Waals surface area contributed by atoms with E-state index < -0.39 is 0 Å². The van der Waals surface area contributed by atoms with E-state index in [9.17, 15) is 0 Å². The van der Waals surface area contributed by atoms with Crippen molar-refractivity contribution in [2.75, 3.05) is 37.4 Å². The van der Waals surface area contributed by atoms with E-state index in [4.69, 9.17) is 0 Å². The van der Waals surface area contributed by atoms with E-state index in [0.717, 1.165) is 6.54 Å². The van der Waals surface area contributed by atoms with Gasteiger partial charge in [0.25, 0.3) is 0 Å². The maximum absolute atomic E-state index is 3.63. The highest BCUT2D eigenvalue weighted by atomic mass is 15.2. The summed E-state index contributed by atoms with van der Waals surface area (Å²) in [5.74, 6) is 0. The van der Waals surface area contributed by atoms with Gasteiger partial charge in [-0.1, -0.05) is 0 Å². The van der Waals surface area contributed by atoms with Crippen LogP contribution in [0, 0.1) is 0 Å². The lowest BCUT2D eigenvalue weighted by atomic mass is 10.2. The number of hydrogen-bond donors (Lipinski definition) is 1. The highest BCUT2D eigenvalue weighted by Crippen LogP contribution is 2.20. The third-order valence-electron chi connectivity index (χ3n) is 3.70. The molecule has 0 aromatic heterocycles. The lowest BCUT2D eigenvalue weighted by Gasteiger charge is -2.21. The van der Waals surface area contributed by atoms with Gasteiger partial charge in [0.15, 0.2) is 0 Å². The zero-order valence-electron chi connectivity index (χ0n) is 12.0. The Morgan fingerprint density at radius 2 is 1.89 bits per heavy atom. The van der Waals surface area contributed by atoms with Crippen molar-refractivity contribution in [1.29, 1.82) is 0 Å². The number of benzene rings is 1. The van der Waals surface area contributed by atoms with E-state index in [2.05, 4.69) is 67.3 Å². The van der Waals surface area contributed by atoms with Crippen LogP contribution in [0.3, 0.4) is 0 Å². The number of likely N-dealkylation sites (tertiary alicyclic amines) is 1. The van der Waals surface area contributed by atoms with Gasteiger partial charge in [-0.25, -0.2) is 0 Å². The van der Waals surface area contributed by atoms with E-state index >= 15 is 0 Å². The summed E-state index contributed by atoms with van der Waals surface area (Å²) in [4.78, 5) is 4.66. The average molecular weight is 247 g/mol. The Labute approximate surface area is 111 Å². The second-order valence-corrected chi connectivity index (χ2v) is 5.66. The largest absolute Gasteiger partial charge is 0.381 e. The van der Waals surface area contributed by atoms with Gasteiger partial charge >= 0.3 is 0 Å². The number of rotatable bonds is 4. The Morgan fingerprint density at radius 1 is 1.22 bits per heavy atom. The molecule has 1 aliphatic heterocycles. The molecule has 0 aliphatic carbocycles. The van der Waals surface area contributed by atoms with Crippen molar-refractivity contribution in [3.05, 3.63) is 24.3 Å². The molecule has 2 rings (SSSR count). The molecule has 0 radical (unpaired) electrons. The van der Waals surface area contributed by atoms with Crippen LogP contribution in [0.4, 0.5) is 11.4 Å². The van der Waals surface area contributed by atoms with Gasteiger partial charge in [-0.3, -0.25) is 4.90 Å². The fraction of sp³-hybridized carbons (Fsp3) is 0.600. The van der Waals surface area contributed by atoms with Gasteiger partial charge in [-0.2, -0.15) is 0 Å². The Hall–Kier alpha value is -1.22. The minimum atomic E-state index is 0.595. The van der Waals surface area contributed by atoms with Crippen LogP contribution in [0.15, 0.2) is 24.3 Å². The van der Waals surface area contributed by atoms with Crippen molar-refractivity contribution in [3.8, 4) is 0 Å². The van der Waals surface area contributed by atoms with E-state index in [-0.39, 0.29) is 0 Å². The first-order chi connectivity index (χ1) is 8.56. The molecule has 1 atom stereocenters. The molecule has 1 N–H and O–H groups in total. The van der Waals surface area contributed by atoms with Crippen LogP contribution >= 0.6 is 0 Å². The lowest BCUT2D eigenvalue weighted by Crippen LogP contribution is -2.31. The van der Waals surface area contributed by atoms with Gasteiger partial charge in [0.05, 0.1) is 0 Å². The van der Waals surface area contributed by atoms with Crippen molar-refractivity contribution in [2.45, 2.75) is 32.4 Å². The molecule has 3 heteroatoms. The first-order valence-corrected chi connectivity index (χ1v) is 6.84. The normalized spacial score (nSPS) is 20.4. The molecule has 0 saturated carbocycles. The molecule has 18 heavy (non-hydrogen) atoms. The predicted octanol–water partition coefficient (Wildman–Crippen LogP) is 2.65. The van der Waals surface area contributed by atoms with Crippen LogP contribution in [-0.2, 0) is 0 Å². The van der Waals surface area contributed by atoms with E-state index in [1.165, 1.54) is 24.3 Å². The molecular formula is C15H25N3. The third kappa shape index (κ3) is 3.16. The summed E-state index contributed by atoms with van der Waals surface area (Å²) in [5, 5.41) is 3.63. The van der Waals surface area contributed by atoms with Crippen LogP contribution in [0.5, 0.6) is 0 Å². The molecule has 3 nitrogen and oxygen atoms in total. The van der Waals surface area contributed by atoms with Gasteiger partial charge in [0.2, 0.25) is 0 Å². The quantitative estimate of drug-likeness (QED) is 0.882. The maximum Gasteiger partial charge on any atom is 0.0400 e. The maximum atomic E-state index is 3.63. The van der Waals surface area contributed by atoms with Crippen LogP contribution in [0.1, 0.15) is 20.3 Å². The first kappa shape index (κ1) is 13.2. The fourth-order valence-electron chi connectivity index (χ4n) is 2.47. The number of hydrogen-bond acceptors (Lipinski definition) is 3. The van der Waals surface area contributed by atoms with E-state index in [1.54, 1.807) is 0 Å². The molecule has 1 aromatic carbocycles. The summed E-state index contributed by atoms with van der Waals surface area (Å²) in [6, 6.07) is 9.93. The van der Waals surface area contributed by atoms with Gasteiger partial charge in [0.1, 0.15) is 0 Å². The predicted molar refractivity (Wildman–Crippen MR) is 79.5 cm³/mol. The molecule has 0 amide bonds. The van der Waals surface area contributed by atoms with Crippen LogP contribution in [0.25, 0.3) is 0 Å². The molecule has 1 heterocycles. The Bertz CT molecular complexity index is 370. The molecule has 1 saturated heterocycles. The second-order valence-electron chi connectivity index (χ2n) is 5.66. The molecule has 1 fully saturated rings. The summed E-state index contributed by atoms with van der Waals surface area (Å²) in [7, 11) is 4.14. The average Bonchev–Trinajstić information content (AvgIpc) is 2.78. The zero-order chi connectivity index (χ0) is 13.1. The van der Waals surface area contributed by atoms with Crippen molar-refractivity contribution >= 4 is 11.4 Å². The third-order valence-corrected chi connectivity index (χ3v) is 3.70. The molecule has 0 spiro atoms. The summed E-state index contributed by atoms with van der Waals surface area (Å²) < 4.78 is 0. The Morgan fingerprint density at radius 3 is 2.39 bits per heavy atom. The fourth-order valence-corrected chi connectivity index (χ4v) is 2.47. The van der Waals surface area contributed by atoms with Crippen molar-refractivity contribution in [2.24, 2.45) is 0 Å². The minimum Gasteiger partial charge on any atom is -0.381 e. The second kappa shape index (κ2) is 5.61. The molecule has 100 valence electrons. The number of nitrogens with one attached hydrogen (secondary N) is 1. The standard InChI is InChI=1S/C15H25N3/c1-12(2)18-10-9-14(11-18)16-13-5-7-15(8-6-13)17(3)4/h5-8,12,14,16H,9-11H2,1-4H3. The van der Waals surface area contributed by atoms with Gasteiger partial charge in [-0.15, -0.1) is 0 Å².